The van der Waals surface area contributed by atoms with Gasteiger partial charge in [0.15, 0.2) is 0 Å². The van der Waals surface area contributed by atoms with Gasteiger partial charge >= 0.3 is 0 Å². The molecule has 1 N–H and O–H groups in total. The van der Waals surface area contributed by atoms with Crippen molar-refractivity contribution in [1.29, 1.82) is 0 Å². The third-order valence-electron chi connectivity index (χ3n) is 3.45. The Bertz CT molecular complexity index is 695. The highest BCUT2D eigenvalue weighted by atomic mass is 14.9. The van der Waals surface area contributed by atoms with Gasteiger partial charge in [0.25, 0.3) is 0 Å². The van der Waals surface area contributed by atoms with Crippen molar-refractivity contribution in [1.82, 2.24) is 15.3 Å². The Labute approximate surface area is 118 Å². The Morgan fingerprint density at radius 3 is 2.85 bits per heavy atom. The minimum Gasteiger partial charge on any atom is -0.305 e. The summed E-state index contributed by atoms with van der Waals surface area (Å²) in [5.74, 6) is 0. The first-order chi connectivity index (χ1) is 9.83. The van der Waals surface area contributed by atoms with Gasteiger partial charge in [-0.15, -0.1) is 0 Å². The standard InChI is InChI=1S/C17H17N3/c1-13(17-4-2-3-8-19-17)20-11-14-5-6-16-12-18-9-7-15(16)10-14/h2-10,12-13,20H,11H2,1H3/t13-/m0/s1. The number of fused-ring (bicyclic) bond motifs is 1. The van der Waals surface area contributed by atoms with Gasteiger partial charge in [-0.05, 0) is 42.1 Å². The van der Waals surface area contributed by atoms with Crippen LogP contribution in [0.3, 0.4) is 0 Å². The molecule has 0 fully saturated rings. The number of benzene rings is 1. The van der Waals surface area contributed by atoms with E-state index in [-0.39, 0.29) is 6.04 Å². The molecule has 0 saturated carbocycles. The first-order valence-electron chi connectivity index (χ1n) is 6.80. The largest absolute Gasteiger partial charge is 0.305 e. The van der Waals surface area contributed by atoms with Crippen molar-refractivity contribution in [3.05, 3.63) is 72.3 Å². The highest BCUT2D eigenvalue weighted by molar-refractivity contribution is 5.81. The molecule has 100 valence electrons. The van der Waals surface area contributed by atoms with E-state index in [2.05, 4.69) is 40.4 Å². The molecule has 0 unspecified atom stereocenters. The molecular formula is C17H17N3. The van der Waals surface area contributed by atoms with Crippen molar-refractivity contribution >= 4 is 10.8 Å². The molecule has 2 aromatic heterocycles. The second kappa shape index (κ2) is 5.80. The molecule has 0 aliphatic carbocycles. The highest BCUT2D eigenvalue weighted by Gasteiger charge is 2.05. The van der Waals surface area contributed by atoms with E-state index in [1.807, 2.05) is 42.9 Å². The molecular weight excluding hydrogens is 246 g/mol. The van der Waals surface area contributed by atoms with Gasteiger partial charge < -0.3 is 5.32 Å². The quantitative estimate of drug-likeness (QED) is 0.783. The zero-order valence-electron chi connectivity index (χ0n) is 11.5. The lowest BCUT2D eigenvalue weighted by Gasteiger charge is -2.13. The average Bonchev–Trinajstić information content (AvgIpc) is 2.53. The molecule has 0 aliphatic heterocycles. The Balaban J connectivity index is 1.70. The monoisotopic (exact) mass is 263 g/mol. The summed E-state index contributed by atoms with van der Waals surface area (Å²) in [5, 5.41) is 5.90. The van der Waals surface area contributed by atoms with Crippen molar-refractivity contribution in [3.8, 4) is 0 Å². The van der Waals surface area contributed by atoms with Crippen molar-refractivity contribution in [2.75, 3.05) is 0 Å². The van der Waals surface area contributed by atoms with Crippen molar-refractivity contribution in [2.24, 2.45) is 0 Å². The number of nitrogens with zero attached hydrogens (tertiary/aromatic N) is 2. The van der Waals surface area contributed by atoms with Crippen LogP contribution in [-0.2, 0) is 6.54 Å². The summed E-state index contributed by atoms with van der Waals surface area (Å²) < 4.78 is 0. The molecule has 0 amide bonds. The summed E-state index contributed by atoms with van der Waals surface area (Å²) in [5.41, 5.74) is 2.34. The molecule has 20 heavy (non-hydrogen) atoms. The van der Waals surface area contributed by atoms with E-state index in [0.29, 0.717) is 0 Å². The molecule has 0 saturated heterocycles. The lowest BCUT2D eigenvalue weighted by atomic mass is 10.1. The normalized spacial score (nSPS) is 12.4. The fourth-order valence-corrected chi connectivity index (χ4v) is 2.25. The predicted molar refractivity (Wildman–Crippen MR) is 81.2 cm³/mol. The van der Waals surface area contributed by atoms with E-state index in [1.165, 1.54) is 16.3 Å². The summed E-state index contributed by atoms with van der Waals surface area (Å²) >= 11 is 0. The fraction of sp³-hybridized carbons (Fsp3) is 0.176. The van der Waals surface area contributed by atoms with Crippen LogP contribution in [0.2, 0.25) is 0 Å². The molecule has 3 aromatic rings. The number of aromatic nitrogens is 2. The molecule has 3 rings (SSSR count). The van der Waals surface area contributed by atoms with Crippen molar-refractivity contribution in [3.63, 3.8) is 0 Å². The van der Waals surface area contributed by atoms with E-state index in [0.717, 1.165) is 12.2 Å². The summed E-state index contributed by atoms with van der Waals surface area (Å²) in [6.07, 6.45) is 5.55. The predicted octanol–water partition coefficient (Wildman–Crippen LogP) is 3.48. The molecule has 2 heterocycles. The second-order valence-electron chi connectivity index (χ2n) is 4.91. The molecule has 0 bridgehead atoms. The SMILES string of the molecule is C[C@H](NCc1ccc2cnccc2c1)c1ccccn1. The fourth-order valence-electron chi connectivity index (χ4n) is 2.25. The topological polar surface area (TPSA) is 37.8 Å². The lowest BCUT2D eigenvalue weighted by Crippen LogP contribution is -2.18. The smallest absolute Gasteiger partial charge is 0.0570 e. The maximum absolute atomic E-state index is 4.37. The van der Waals surface area contributed by atoms with Crippen LogP contribution in [0.15, 0.2) is 61.1 Å². The van der Waals surface area contributed by atoms with Crippen LogP contribution in [0.25, 0.3) is 10.8 Å². The molecule has 3 nitrogen and oxygen atoms in total. The zero-order valence-corrected chi connectivity index (χ0v) is 11.5. The molecule has 0 spiro atoms. The zero-order chi connectivity index (χ0) is 13.8. The molecule has 1 atom stereocenters. The first kappa shape index (κ1) is 12.8. The summed E-state index contributed by atoms with van der Waals surface area (Å²) in [6.45, 7) is 2.96. The molecule has 0 aliphatic rings. The van der Waals surface area contributed by atoms with Gasteiger partial charge in [0.1, 0.15) is 0 Å². The van der Waals surface area contributed by atoms with Crippen LogP contribution in [0, 0.1) is 0 Å². The summed E-state index contributed by atoms with van der Waals surface area (Å²) in [4.78, 5) is 8.50. The summed E-state index contributed by atoms with van der Waals surface area (Å²) in [7, 11) is 0. The second-order valence-corrected chi connectivity index (χ2v) is 4.91. The Morgan fingerprint density at radius 1 is 1.05 bits per heavy atom. The third-order valence-corrected chi connectivity index (χ3v) is 3.45. The Kier molecular flexibility index (Phi) is 3.70. The van der Waals surface area contributed by atoms with Gasteiger partial charge in [-0.1, -0.05) is 18.2 Å². The number of pyridine rings is 2. The van der Waals surface area contributed by atoms with E-state index in [9.17, 15) is 0 Å². The third kappa shape index (κ3) is 2.83. The number of nitrogens with one attached hydrogen (secondary N) is 1. The van der Waals surface area contributed by atoms with Crippen LogP contribution in [0.1, 0.15) is 24.2 Å². The number of rotatable bonds is 4. The summed E-state index contributed by atoms with van der Waals surface area (Å²) in [6, 6.07) is 14.7. The van der Waals surface area contributed by atoms with Crippen LogP contribution >= 0.6 is 0 Å². The van der Waals surface area contributed by atoms with Crippen LogP contribution in [-0.4, -0.2) is 9.97 Å². The van der Waals surface area contributed by atoms with Gasteiger partial charge in [-0.2, -0.15) is 0 Å². The maximum atomic E-state index is 4.37. The van der Waals surface area contributed by atoms with Crippen molar-refractivity contribution in [2.45, 2.75) is 19.5 Å². The Hall–Kier alpha value is -2.26. The van der Waals surface area contributed by atoms with Gasteiger partial charge in [-0.3, -0.25) is 9.97 Å². The van der Waals surface area contributed by atoms with E-state index < -0.39 is 0 Å². The average molecular weight is 263 g/mol. The van der Waals surface area contributed by atoms with Crippen LogP contribution in [0.4, 0.5) is 0 Å². The van der Waals surface area contributed by atoms with Crippen molar-refractivity contribution < 1.29 is 0 Å². The highest BCUT2D eigenvalue weighted by Crippen LogP contribution is 2.15. The Morgan fingerprint density at radius 2 is 2.00 bits per heavy atom. The number of hydrogen-bond acceptors (Lipinski definition) is 3. The van der Waals surface area contributed by atoms with E-state index in [1.54, 1.807) is 0 Å². The van der Waals surface area contributed by atoms with E-state index in [4.69, 9.17) is 0 Å². The molecule has 1 aromatic carbocycles. The molecule has 0 radical (unpaired) electrons. The maximum Gasteiger partial charge on any atom is 0.0570 e. The van der Waals surface area contributed by atoms with Crippen LogP contribution < -0.4 is 5.32 Å². The first-order valence-corrected chi connectivity index (χ1v) is 6.80. The van der Waals surface area contributed by atoms with Gasteiger partial charge in [0.05, 0.1) is 5.69 Å². The van der Waals surface area contributed by atoms with Gasteiger partial charge in [-0.25, -0.2) is 0 Å². The van der Waals surface area contributed by atoms with Gasteiger partial charge in [0, 0.05) is 36.6 Å². The van der Waals surface area contributed by atoms with Gasteiger partial charge in [0.2, 0.25) is 0 Å². The molecule has 3 heteroatoms. The lowest BCUT2D eigenvalue weighted by molar-refractivity contribution is 0.562. The van der Waals surface area contributed by atoms with E-state index >= 15 is 0 Å². The minimum absolute atomic E-state index is 0.240. The number of hydrogen-bond donors (Lipinski definition) is 1. The van der Waals surface area contributed by atoms with Crippen LogP contribution in [0.5, 0.6) is 0 Å². The minimum atomic E-state index is 0.240.